The van der Waals surface area contributed by atoms with Gasteiger partial charge in [-0.2, -0.15) is 22.0 Å². The number of benzene rings is 1. The van der Waals surface area contributed by atoms with Gasteiger partial charge in [0.05, 0.1) is 5.69 Å². The zero-order valence-electron chi connectivity index (χ0n) is 8.91. The molecular formula is C10H7BrF5NO. The third kappa shape index (κ3) is 2.98. The number of nitrogens with one attached hydrogen (secondary N) is 1. The molecular weight excluding hydrogens is 325 g/mol. The van der Waals surface area contributed by atoms with E-state index in [-0.39, 0.29) is 10.2 Å². The number of hydrogen-bond acceptors (Lipinski definition) is 1. The Hall–Kier alpha value is -1.18. The van der Waals surface area contributed by atoms with Crippen LogP contribution >= 0.6 is 15.9 Å². The molecule has 1 aromatic rings. The lowest BCUT2D eigenvalue weighted by Gasteiger charge is -2.19. The molecule has 0 aliphatic heterocycles. The molecule has 1 N–H and O–H groups in total. The number of aryl methyl sites for hydroxylation is 1. The van der Waals surface area contributed by atoms with Gasteiger partial charge in [0.1, 0.15) is 0 Å². The molecule has 1 aromatic carbocycles. The summed E-state index contributed by atoms with van der Waals surface area (Å²) >= 11 is 2.95. The van der Waals surface area contributed by atoms with Gasteiger partial charge in [-0.05, 0) is 40.5 Å². The predicted octanol–water partition coefficient (Wildman–Crippen LogP) is 3.89. The Balaban J connectivity index is 2.95. The summed E-state index contributed by atoms with van der Waals surface area (Å²) in [6.07, 6.45) is -5.92. The Labute approximate surface area is 107 Å². The maximum atomic E-state index is 12.7. The maximum Gasteiger partial charge on any atom is 0.463 e. The molecule has 0 heterocycles. The fraction of sp³-hybridized carbons (Fsp3) is 0.300. The van der Waals surface area contributed by atoms with Crippen molar-refractivity contribution in [2.45, 2.75) is 19.0 Å². The molecule has 0 radical (unpaired) electrons. The highest BCUT2D eigenvalue weighted by Crippen LogP contribution is 2.36. The van der Waals surface area contributed by atoms with E-state index < -0.39 is 18.0 Å². The first-order chi connectivity index (χ1) is 8.05. The standard InChI is InChI=1S/C10H7BrF5NO/c1-5-2-3-7(6(11)4-5)17-8(18)9(12,13)10(14,15)16/h2-4H,1H3,(H,17,18). The predicted molar refractivity (Wildman–Crippen MR) is 58.5 cm³/mol. The molecule has 1 rings (SSSR count). The van der Waals surface area contributed by atoms with E-state index in [0.29, 0.717) is 0 Å². The van der Waals surface area contributed by atoms with Crippen LogP contribution in [-0.4, -0.2) is 18.0 Å². The van der Waals surface area contributed by atoms with Gasteiger partial charge < -0.3 is 5.32 Å². The quantitative estimate of drug-likeness (QED) is 0.818. The third-order valence-corrected chi connectivity index (χ3v) is 2.67. The van der Waals surface area contributed by atoms with Crippen LogP contribution in [0.3, 0.4) is 0 Å². The monoisotopic (exact) mass is 331 g/mol. The first kappa shape index (κ1) is 14.9. The Kier molecular flexibility index (Phi) is 3.99. The number of anilines is 1. The van der Waals surface area contributed by atoms with E-state index in [9.17, 15) is 26.7 Å². The second kappa shape index (κ2) is 4.83. The molecule has 0 bridgehead atoms. The number of rotatable bonds is 2. The van der Waals surface area contributed by atoms with Crippen LogP contribution in [0.1, 0.15) is 5.56 Å². The molecule has 0 atom stereocenters. The van der Waals surface area contributed by atoms with Gasteiger partial charge in [0.2, 0.25) is 0 Å². The van der Waals surface area contributed by atoms with Gasteiger partial charge in [0.25, 0.3) is 0 Å². The van der Waals surface area contributed by atoms with Crippen LogP contribution in [0.2, 0.25) is 0 Å². The van der Waals surface area contributed by atoms with E-state index in [4.69, 9.17) is 0 Å². The van der Waals surface area contributed by atoms with Gasteiger partial charge in [-0.25, -0.2) is 0 Å². The first-order valence-electron chi connectivity index (χ1n) is 4.58. The van der Waals surface area contributed by atoms with Crippen molar-refractivity contribution in [2.24, 2.45) is 0 Å². The van der Waals surface area contributed by atoms with E-state index in [2.05, 4.69) is 15.9 Å². The van der Waals surface area contributed by atoms with Gasteiger partial charge in [0, 0.05) is 4.47 Å². The van der Waals surface area contributed by atoms with E-state index in [1.807, 2.05) is 0 Å². The largest absolute Gasteiger partial charge is 0.463 e. The Morgan fingerprint density at radius 3 is 2.22 bits per heavy atom. The fourth-order valence-electron chi connectivity index (χ4n) is 1.05. The second-order valence-electron chi connectivity index (χ2n) is 3.51. The molecule has 0 aliphatic rings. The number of alkyl halides is 5. The molecule has 18 heavy (non-hydrogen) atoms. The van der Waals surface area contributed by atoms with Crippen LogP contribution < -0.4 is 5.32 Å². The summed E-state index contributed by atoms with van der Waals surface area (Å²) in [6.45, 7) is 1.70. The number of carbonyl (C=O) groups is 1. The number of halogens is 6. The molecule has 0 aromatic heterocycles. The summed E-state index contributed by atoms with van der Waals surface area (Å²) in [4.78, 5) is 10.9. The topological polar surface area (TPSA) is 29.1 Å². The van der Waals surface area contributed by atoms with Crippen molar-refractivity contribution in [3.8, 4) is 0 Å². The van der Waals surface area contributed by atoms with Gasteiger partial charge in [-0.3, -0.25) is 4.79 Å². The van der Waals surface area contributed by atoms with Crippen molar-refractivity contribution in [2.75, 3.05) is 5.32 Å². The van der Waals surface area contributed by atoms with Crippen LogP contribution in [0.25, 0.3) is 0 Å². The average molecular weight is 332 g/mol. The smallest absolute Gasteiger partial charge is 0.319 e. The molecule has 0 saturated heterocycles. The SMILES string of the molecule is Cc1ccc(NC(=O)C(F)(F)C(F)(F)F)c(Br)c1. The summed E-state index contributed by atoms with van der Waals surface area (Å²) in [5.41, 5.74) is 0.594. The van der Waals surface area contributed by atoms with Crippen LogP contribution in [0.4, 0.5) is 27.6 Å². The van der Waals surface area contributed by atoms with Crippen molar-refractivity contribution in [3.63, 3.8) is 0 Å². The van der Waals surface area contributed by atoms with Crippen LogP contribution in [0, 0.1) is 6.92 Å². The zero-order chi connectivity index (χ0) is 14.1. The van der Waals surface area contributed by atoms with Gasteiger partial charge >= 0.3 is 18.0 Å². The average Bonchev–Trinajstić information content (AvgIpc) is 2.20. The Bertz CT molecular complexity index is 472. The molecule has 0 spiro atoms. The highest BCUT2D eigenvalue weighted by atomic mass is 79.9. The summed E-state index contributed by atoms with van der Waals surface area (Å²) in [7, 11) is 0. The normalized spacial score (nSPS) is 12.4. The minimum atomic E-state index is -5.92. The van der Waals surface area contributed by atoms with E-state index >= 15 is 0 Å². The first-order valence-corrected chi connectivity index (χ1v) is 5.37. The lowest BCUT2D eigenvalue weighted by atomic mass is 10.2. The minimum Gasteiger partial charge on any atom is -0.319 e. The van der Waals surface area contributed by atoms with Crippen molar-refractivity contribution in [1.29, 1.82) is 0 Å². The maximum absolute atomic E-state index is 12.7. The highest BCUT2D eigenvalue weighted by molar-refractivity contribution is 9.10. The van der Waals surface area contributed by atoms with E-state index in [1.165, 1.54) is 23.5 Å². The summed E-state index contributed by atoms with van der Waals surface area (Å²) < 4.78 is 61.3. The van der Waals surface area contributed by atoms with Gasteiger partial charge in [0.15, 0.2) is 0 Å². The highest BCUT2D eigenvalue weighted by Gasteiger charge is 2.63. The number of carbonyl (C=O) groups excluding carboxylic acids is 1. The Morgan fingerprint density at radius 1 is 1.22 bits per heavy atom. The number of hydrogen-bond donors (Lipinski definition) is 1. The van der Waals surface area contributed by atoms with Crippen molar-refractivity contribution < 1.29 is 26.7 Å². The Morgan fingerprint density at radius 2 is 1.78 bits per heavy atom. The van der Waals surface area contributed by atoms with Gasteiger partial charge in [-0.1, -0.05) is 6.07 Å². The molecule has 8 heteroatoms. The summed E-state index contributed by atoms with van der Waals surface area (Å²) in [5.74, 6) is -7.85. The molecule has 1 amide bonds. The lowest BCUT2D eigenvalue weighted by Crippen LogP contribution is -2.47. The lowest BCUT2D eigenvalue weighted by molar-refractivity contribution is -0.267. The van der Waals surface area contributed by atoms with Crippen LogP contribution in [0.15, 0.2) is 22.7 Å². The van der Waals surface area contributed by atoms with E-state index in [0.717, 1.165) is 5.56 Å². The molecule has 100 valence electrons. The van der Waals surface area contributed by atoms with Crippen LogP contribution in [-0.2, 0) is 4.79 Å². The fourth-order valence-corrected chi connectivity index (χ4v) is 1.64. The molecule has 0 fully saturated rings. The number of amides is 1. The third-order valence-electron chi connectivity index (χ3n) is 2.01. The zero-order valence-corrected chi connectivity index (χ0v) is 10.5. The summed E-state index contributed by atoms with van der Waals surface area (Å²) in [6, 6.07) is 4.16. The van der Waals surface area contributed by atoms with Gasteiger partial charge in [-0.15, -0.1) is 0 Å². The van der Waals surface area contributed by atoms with Crippen molar-refractivity contribution in [3.05, 3.63) is 28.2 Å². The molecule has 2 nitrogen and oxygen atoms in total. The minimum absolute atomic E-state index is 0.158. The molecule has 0 aliphatic carbocycles. The second-order valence-corrected chi connectivity index (χ2v) is 4.36. The molecule has 0 unspecified atom stereocenters. The van der Waals surface area contributed by atoms with Crippen LogP contribution in [0.5, 0.6) is 0 Å². The van der Waals surface area contributed by atoms with Crippen molar-refractivity contribution in [1.82, 2.24) is 0 Å². The van der Waals surface area contributed by atoms with Crippen molar-refractivity contribution >= 4 is 27.5 Å². The summed E-state index contributed by atoms with van der Waals surface area (Å²) in [5, 5.41) is 1.53. The molecule has 0 saturated carbocycles. The van der Waals surface area contributed by atoms with E-state index in [1.54, 1.807) is 6.92 Å².